The van der Waals surface area contributed by atoms with Gasteiger partial charge in [0.1, 0.15) is 18.1 Å². The van der Waals surface area contributed by atoms with Gasteiger partial charge in [0.25, 0.3) is 0 Å². The van der Waals surface area contributed by atoms with Crippen molar-refractivity contribution in [2.75, 3.05) is 19.0 Å². The first-order chi connectivity index (χ1) is 10.1. The first-order valence-corrected chi connectivity index (χ1v) is 7.25. The first-order valence-electron chi connectivity index (χ1n) is 7.25. The molecule has 0 atom stereocenters. The van der Waals surface area contributed by atoms with Gasteiger partial charge in [-0.25, -0.2) is 0 Å². The topological polar surface area (TPSA) is 37.6 Å². The van der Waals surface area contributed by atoms with Crippen LogP contribution in [-0.2, 0) is 13.2 Å². The van der Waals surface area contributed by atoms with Crippen molar-refractivity contribution in [1.29, 1.82) is 0 Å². The molecule has 0 saturated heterocycles. The average molecular weight is 288 g/mol. The molecule has 0 aliphatic rings. The van der Waals surface area contributed by atoms with Crippen LogP contribution in [0.3, 0.4) is 0 Å². The molecule has 2 rings (SSSR count). The van der Waals surface area contributed by atoms with Crippen LogP contribution in [0.2, 0.25) is 0 Å². The highest BCUT2D eigenvalue weighted by atomic mass is 16.5. The summed E-state index contributed by atoms with van der Waals surface area (Å²) in [5.41, 5.74) is 2.26. The summed E-state index contributed by atoms with van der Waals surface area (Å²) in [6, 6.07) is 10.5. The number of benzene rings is 1. The van der Waals surface area contributed by atoms with Crippen molar-refractivity contribution in [3.63, 3.8) is 0 Å². The summed E-state index contributed by atoms with van der Waals surface area (Å²) in [5, 5.41) is 3.39. The Morgan fingerprint density at radius 1 is 1.24 bits per heavy atom. The van der Waals surface area contributed by atoms with Crippen LogP contribution in [0.1, 0.15) is 25.2 Å². The largest absolute Gasteiger partial charge is 0.486 e. The monoisotopic (exact) mass is 288 g/mol. The van der Waals surface area contributed by atoms with Gasteiger partial charge in [-0.3, -0.25) is 0 Å². The van der Waals surface area contributed by atoms with E-state index >= 15 is 0 Å². The van der Waals surface area contributed by atoms with E-state index in [1.807, 2.05) is 38.4 Å². The normalized spacial score (nSPS) is 10.9. The maximum Gasteiger partial charge on any atom is 0.146 e. The molecular weight excluding hydrogens is 264 g/mol. The molecule has 1 heterocycles. The minimum atomic E-state index is 0.443. The van der Waals surface area contributed by atoms with Gasteiger partial charge in [0.2, 0.25) is 0 Å². The van der Waals surface area contributed by atoms with Crippen molar-refractivity contribution in [3.8, 4) is 5.75 Å². The second-order valence-corrected chi connectivity index (χ2v) is 5.59. The fraction of sp³-hybridized carbons (Fsp3) is 0.412. The van der Waals surface area contributed by atoms with E-state index in [-0.39, 0.29) is 0 Å². The van der Waals surface area contributed by atoms with Gasteiger partial charge >= 0.3 is 0 Å². The molecule has 1 N–H and O–H groups in total. The summed E-state index contributed by atoms with van der Waals surface area (Å²) in [5.74, 6) is 1.72. The molecule has 114 valence electrons. The van der Waals surface area contributed by atoms with Crippen LogP contribution in [0, 0.1) is 0 Å². The number of rotatable bonds is 7. The Balaban J connectivity index is 1.97. The number of nitrogens with zero attached hydrogens (tertiary/aromatic N) is 1. The smallest absolute Gasteiger partial charge is 0.146 e. The highest BCUT2D eigenvalue weighted by molar-refractivity contribution is 5.49. The summed E-state index contributed by atoms with van der Waals surface area (Å²) in [6.07, 6.45) is 1.71. The fourth-order valence-electron chi connectivity index (χ4n) is 1.97. The number of anilines is 1. The van der Waals surface area contributed by atoms with E-state index in [9.17, 15) is 0 Å². The Labute approximate surface area is 126 Å². The molecular formula is C17H24N2O2. The molecule has 21 heavy (non-hydrogen) atoms. The predicted molar refractivity (Wildman–Crippen MR) is 85.8 cm³/mol. The minimum absolute atomic E-state index is 0.443. The Morgan fingerprint density at radius 2 is 2.05 bits per heavy atom. The lowest BCUT2D eigenvalue weighted by Gasteiger charge is -2.14. The van der Waals surface area contributed by atoms with Gasteiger partial charge in [-0.2, -0.15) is 0 Å². The van der Waals surface area contributed by atoms with E-state index in [0.717, 1.165) is 29.3 Å². The van der Waals surface area contributed by atoms with Gasteiger partial charge < -0.3 is 19.4 Å². The molecule has 0 aliphatic heterocycles. The SMILES string of the molecule is CC(C)NCc1ccoc1COc1cccc(N(C)C)c1. The van der Waals surface area contributed by atoms with Crippen molar-refractivity contribution < 1.29 is 9.15 Å². The van der Waals surface area contributed by atoms with Crippen LogP contribution in [0.25, 0.3) is 0 Å². The van der Waals surface area contributed by atoms with Crippen LogP contribution in [0.5, 0.6) is 5.75 Å². The molecule has 0 amide bonds. The molecule has 0 spiro atoms. The maximum atomic E-state index is 5.84. The van der Waals surface area contributed by atoms with E-state index in [0.29, 0.717) is 12.6 Å². The lowest BCUT2D eigenvalue weighted by Crippen LogP contribution is -2.22. The summed E-state index contributed by atoms with van der Waals surface area (Å²) >= 11 is 0. The summed E-state index contributed by atoms with van der Waals surface area (Å²) < 4.78 is 11.4. The van der Waals surface area contributed by atoms with E-state index in [1.165, 1.54) is 0 Å². The van der Waals surface area contributed by atoms with Crippen LogP contribution in [-0.4, -0.2) is 20.1 Å². The summed E-state index contributed by atoms with van der Waals surface area (Å²) in [7, 11) is 4.03. The highest BCUT2D eigenvalue weighted by Gasteiger charge is 2.08. The third-order valence-corrected chi connectivity index (χ3v) is 3.24. The first kappa shape index (κ1) is 15.4. The number of hydrogen-bond acceptors (Lipinski definition) is 4. The maximum absolute atomic E-state index is 5.84. The molecule has 0 fully saturated rings. The molecule has 4 nitrogen and oxygen atoms in total. The van der Waals surface area contributed by atoms with Crippen LogP contribution >= 0.6 is 0 Å². The molecule has 0 bridgehead atoms. The minimum Gasteiger partial charge on any atom is -0.486 e. The second-order valence-electron chi connectivity index (χ2n) is 5.59. The molecule has 0 saturated carbocycles. The fourth-order valence-corrected chi connectivity index (χ4v) is 1.97. The zero-order chi connectivity index (χ0) is 15.2. The molecule has 0 aliphatic carbocycles. The zero-order valence-corrected chi connectivity index (χ0v) is 13.2. The average Bonchev–Trinajstić information content (AvgIpc) is 2.90. The Hall–Kier alpha value is -1.94. The van der Waals surface area contributed by atoms with Crippen molar-refractivity contribution in [2.45, 2.75) is 33.0 Å². The van der Waals surface area contributed by atoms with Crippen LogP contribution < -0.4 is 15.0 Å². The van der Waals surface area contributed by atoms with Crippen LogP contribution in [0.15, 0.2) is 41.0 Å². The third kappa shape index (κ3) is 4.53. The quantitative estimate of drug-likeness (QED) is 0.847. The Bertz CT molecular complexity index is 561. The molecule has 1 aromatic carbocycles. The van der Waals surface area contributed by atoms with Crippen molar-refractivity contribution in [2.24, 2.45) is 0 Å². The third-order valence-electron chi connectivity index (χ3n) is 3.24. The molecule has 2 aromatic rings. The summed E-state index contributed by atoms with van der Waals surface area (Å²) in [6.45, 7) is 5.50. The molecule has 0 radical (unpaired) electrons. The predicted octanol–water partition coefficient (Wildman–Crippen LogP) is 3.42. The van der Waals surface area contributed by atoms with E-state index in [4.69, 9.17) is 9.15 Å². The van der Waals surface area contributed by atoms with Gasteiger partial charge in [0.05, 0.1) is 6.26 Å². The lowest BCUT2D eigenvalue weighted by atomic mass is 10.2. The van der Waals surface area contributed by atoms with Gasteiger partial charge in [-0.1, -0.05) is 19.9 Å². The van der Waals surface area contributed by atoms with Gasteiger partial charge in [-0.15, -0.1) is 0 Å². The van der Waals surface area contributed by atoms with Crippen molar-refractivity contribution in [1.82, 2.24) is 5.32 Å². The standard InChI is InChI=1S/C17H24N2O2/c1-13(2)18-11-14-8-9-20-17(14)12-21-16-7-5-6-15(10-16)19(3)4/h5-10,13,18H,11-12H2,1-4H3. The number of nitrogens with one attached hydrogen (secondary N) is 1. The van der Waals surface area contributed by atoms with Gasteiger partial charge in [0.15, 0.2) is 0 Å². The number of hydrogen-bond donors (Lipinski definition) is 1. The highest BCUT2D eigenvalue weighted by Crippen LogP contribution is 2.21. The van der Waals surface area contributed by atoms with E-state index in [2.05, 4.69) is 30.1 Å². The zero-order valence-electron chi connectivity index (χ0n) is 13.2. The van der Waals surface area contributed by atoms with E-state index in [1.54, 1.807) is 6.26 Å². The lowest BCUT2D eigenvalue weighted by molar-refractivity contribution is 0.268. The van der Waals surface area contributed by atoms with Crippen molar-refractivity contribution >= 4 is 5.69 Å². The number of furan rings is 1. The van der Waals surface area contributed by atoms with Crippen molar-refractivity contribution in [3.05, 3.63) is 47.9 Å². The molecule has 0 unspecified atom stereocenters. The summed E-state index contributed by atoms with van der Waals surface area (Å²) in [4.78, 5) is 2.05. The van der Waals surface area contributed by atoms with E-state index < -0.39 is 0 Å². The second kappa shape index (κ2) is 7.18. The molecule has 1 aromatic heterocycles. The van der Waals surface area contributed by atoms with Gasteiger partial charge in [0, 0.05) is 44.0 Å². The molecule has 4 heteroatoms. The number of ether oxygens (including phenoxy) is 1. The Kier molecular flexibility index (Phi) is 5.28. The van der Waals surface area contributed by atoms with Crippen LogP contribution in [0.4, 0.5) is 5.69 Å². The Morgan fingerprint density at radius 3 is 2.76 bits per heavy atom. The van der Waals surface area contributed by atoms with Gasteiger partial charge in [-0.05, 0) is 18.2 Å².